The molecule has 0 aliphatic carbocycles. The fourth-order valence-electron chi connectivity index (χ4n) is 0.880. The molecule has 84 valence electrons. The fraction of sp³-hybridized carbons (Fsp3) is 0.333. The molecule has 0 N–H and O–H groups in total. The van der Waals surface area contributed by atoms with Crippen LogP contribution in [0.1, 0.15) is 5.56 Å². The van der Waals surface area contributed by atoms with Gasteiger partial charge >= 0.3 is 12.5 Å². The quantitative estimate of drug-likeness (QED) is 0.702. The molecule has 0 aliphatic rings. The maximum atomic E-state index is 12.9. The molecule has 0 radical (unpaired) electrons. The number of halogens is 5. The van der Waals surface area contributed by atoms with Gasteiger partial charge in [-0.15, -0.1) is 0 Å². The first-order chi connectivity index (χ1) is 6.80. The van der Waals surface area contributed by atoms with Crippen molar-refractivity contribution in [2.45, 2.75) is 19.5 Å². The molecule has 0 heterocycles. The molecule has 0 saturated carbocycles. The highest BCUT2D eigenvalue weighted by atomic mass is 19.4. The van der Waals surface area contributed by atoms with Gasteiger partial charge in [-0.05, 0) is 24.6 Å². The Morgan fingerprint density at radius 2 is 1.87 bits per heavy atom. The fourth-order valence-corrected chi connectivity index (χ4v) is 0.880. The van der Waals surface area contributed by atoms with E-state index in [1.54, 1.807) is 6.92 Å². The summed E-state index contributed by atoms with van der Waals surface area (Å²) in [7, 11) is 0. The van der Waals surface area contributed by atoms with Crippen LogP contribution in [-0.4, -0.2) is 12.5 Å². The van der Waals surface area contributed by atoms with Crippen molar-refractivity contribution in [3.05, 3.63) is 29.6 Å². The summed E-state index contributed by atoms with van der Waals surface area (Å²) in [4.78, 5) is 0. The van der Waals surface area contributed by atoms with Gasteiger partial charge in [0.2, 0.25) is 0 Å². The summed E-state index contributed by atoms with van der Waals surface area (Å²) in [5.41, 5.74) is 0.502. The van der Waals surface area contributed by atoms with E-state index >= 15 is 0 Å². The van der Waals surface area contributed by atoms with Crippen molar-refractivity contribution < 1.29 is 26.7 Å². The van der Waals surface area contributed by atoms with E-state index in [0.717, 1.165) is 12.1 Å². The Balaban J connectivity index is 2.82. The summed E-state index contributed by atoms with van der Waals surface area (Å²) in [6.45, 7) is 1.55. The van der Waals surface area contributed by atoms with E-state index in [0.29, 0.717) is 5.56 Å². The lowest BCUT2D eigenvalue weighted by Crippen LogP contribution is -2.30. The smallest absolute Gasteiger partial charge is 0.449 e. The van der Waals surface area contributed by atoms with Gasteiger partial charge in [-0.25, -0.2) is 4.39 Å². The van der Waals surface area contributed by atoms with Crippen LogP contribution in [0.3, 0.4) is 0 Å². The molecule has 1 unspecified atom stereocenters. The van der Waals surface area contributed by atoms with Crippen molar-refractivity contribution >= 4 is 0 Å². The van der Waals surface area contributed by atoms with Crippen molar-refractivity contribution in [2.75, 3.05) is 0 Å². The van der Waals surface area contributed by atoms with Crippen LogP contribution in [0.2, 0.25) is 0 Å². The maximum Gasteiger partial charge on any atom is 0.457 e. The van der Waals surface area contributed by atoms with Crippen molar-refractivity contribution in [1.29, 1.82) is 0 Å². The van der Waals surface area contributed by atoms with Gasteiger partial charge in [0.1, 0.15) is 0 Å². The van der Waals surface area contributed by atoms with Crippen molar-refractivity contribution in [1.82, 2.24) is 0 Å². The van der Waals surface area contributed by atoms with Crippen molar-refractivity contribution in [2.24, 2.45) is 0 Å². The summed E-state index contributed by atoms with van der Waals surface area (Å²) >= 11 is 0. The van der Waals surface area contributed by atoms with Gasteiger partial charge in [0.15, 0.2) is 11.6 Å². The summed E-state index contributed by atoms with van der Waals surface area (Å²) in [5, 5.41) is 0. The molecule has 1 atom stereocenters. The highest BCUT2D eigenvalue weighted by Crippen LogP contribution is 2.27. The SMILES string of the molecule is Cc1ccc(OC(F)C(F)(F)F)c(F)c1. The topological polar surface area (TPSA) is 9.23 Å². The number of alkyl halides is 4. The molecule has 1 aromatic carbocycles. The van der Waals surface area contributed by atoms with E-state index in [-0.39, 0.29) is 0 Å². The minimum absolute atomic E-state index is 0.502. The number of benzene rings is 1. The van der Waals surface area contributed by atoms with E-state index in [2.05, 4.69) is 4.74 Å². The largest absolute Gasteiger partial charge is 0.457 e. The van der Waals surface area contributed by atoms with Crippen LogP contribution < -0.4 is 4.74 Å². The Morgan fingerprint density at radius 1 is 1.27 bits per heavy atom. The zero-order chi connectivity index (χ0) is 11.6. The molecule has 0 aromatic heterocycles. The highest BCUT2D eigenvalue weighted by Gasteiger charge is 2.42. The molecule has 1 nitrogen and oxygen atoms in total. The van der Waals surface area contributed by atoms with Crippen LogP contribution in [0, 0.1) is 12.7 Å². The number of ether oxygens (including phenoxy) is 1. The van der Waals surface area contributed by atoms with Gasteiger partial charge in [-0.2, -0.15) is 17.6 Å². The molecule has 0 saturated heterocycles. The van der Waals surface area contributed by atoms with Crippen LogP contribution >= 0.6 is 0 Å². The van der Waals surface area contributed by atoms with E-state index < -0.39 is 24.1 Å². The lowest BCUT2D eigenvalue weighted by Gasteiger charge is -2.14. The Morgan fingerprint density at radius 3 is 2.33 bits per heavy atom. The molecule has 6 heteroatoms. The minimum Gasteiger partial charge on any atom is -0.449 e. The first-order valence-electron chi connectivity index (χ1n) is 3.94. The zero-order valence-corrected chi connectivity index (χ0v) is 7.61. The normalized spacial score (nSPS) is 13.7. The third-order valence-corrected chi connectivity index (χ3v) is 1.58. The second-order valence-electron chi connectivity index (χ2n) is 2.91. The molecule has 0 aliphatic heterocycles. The monoisotopic (exact) mass is 226 g/mol. The average Bonchev–Trinajstić information content (AvgIpc) is 2.08. The predicted molar refractivity (Wildman–Crippen MR) is 42.7 cm³/mol. The first-order valence-corrected chi connectivity index (χ1v) is 3.94. The molecule has 1 rings (SSSR count). The van der Waals surface area contributed by atoms with E-state index in [9.17, 15) is 22.0 Å². The van der Waals surface area contributed by atoms with Crippen molar-refractivity contribution in [3.8, 4) is 5.75 Å². The molecular weight excluding hydrogens is 219 g/mol. The molecule has 0 amide bonds. The number of hydrogen-bond donors (Lipinski definition) is 0. The molecule has 15 heavy (non-hydrogen) atoms. The maximum absolute atomic E-state index is 12.9. The third kappa shape index (κ3) is 3.07. The third-order valence-electron chi connectivity index (χ3n) is 1.58. The van der Waals surface area contributed by atoms with Crippen LogP contribution in [0.5, 0.6) is 5.75 Å². The second kappa shape index (κ2) is 4.04. The Labute approximate surface area is 82.5 Å². The molecule has 0 fully saturated rings. The van der Waals surface area contributed by atoms with Gasteiger partial charge < -0.3 is 4.74 Å². The van der Waals surface area contributed by atoms with Gasteiger partial charge in [-0.1, -0.05) is 6.07 Å². The van der Waals surface area contributed by atoms with Crippen LogP contribution in [0.4, 0.5) is 22.0 Å². The standard InChI is InChI=1S/C9H7F5O/c1-5-2-3-7(6(10)4-5)15-8(11)9(12,13)14/h2-4,8H,1H3. The van der Waals surface area contributed by atoms with Crippen LogP contribution in [0.15, 0.2) is 18.2 Å². The summed E-state index contributed by atoms with van der Waals surface area (Å²) in [5.74, 6) is -1.78. The second-order valence-corrected chi connectivity index (χ2v) is 2.91. The number of hydrogen-bond acceptors (Lipinski definition) is 1. The predicted octanol–water partition coefficient (Wildman–Crippen LogP) is 3.37. The molecular formula is C9H7F5O. The van der Waals surface area contributed by atoms with Gasteiger partial charge in [0.25, 0.3) is 0 Å². The zero-order valence-electron chi connectivity index (χ0n) is 7.61. The number of rotatable bonds is 2. The molecule has 1 aromatic rings. The summed E-state index contributed by atoms with van der Waals surface area (Å²) in [6.07, 6.45) is -8.67. The van der Waals surface area contributed by atoms with Gasteiger partial charge in [-0.3, -0.25) is 0 Å². The van der Waals surface area contributed by atoms with Gasteiger partial charge in [0, 0.05) is 0 Å². The van der Waals surface area contributed by atoms with Crippen LogP contribution in [0.25, 0.3) is 0 Å². The Bertz CT molecular complexity index is 347. The minimum atomic E-state index is -5.16. The van der Waals surface area contributed by atoms with Crippen molar-refractivity contribution in [3.63, 3.8) is 0 Å². The number of aryl methyl sites for hydroxylation is 1. The lowest BCUT2D eigenvalue weighted by molar-refractivity contribution is -0.237. The Hall–Kier alpha value is -1.33. The Kier molecular flexibility index (Phi) is 3.16. The summed E-state index contributed by atoms with van der Waals surface area (Å²) < 4.78 is 64.3. The lowest BCUT2D eigenvalue weighted by atomic mass is 10.2. The average molecular weight is 226 g/mol. The molecule has 0 bridgehead atoms. The van der Waals surface area contributed by atoms with Gasteiger partial charge in [0.05, 0.1) is 0 Å². The molecule has 0 spiro atoms. The van der Waals surface area contributed by atoms with E-state index in [1.807, 2.05) is 0 Å². The summed E-state index contributed by atoms with van der Waals surface area (Å²) in [6, 6.07) is 3.23. The highest BCUT2D eigenvalue weighted by molar-refractivity contribution is 5.28. The first kappa shape index (κ1) is 11.7. The van der Waals surface area contributed by atoms with E-state index in [1.165, 1.54) is 6.07 Å². The van der Waals surface area contributed by atoms with Crippen LogP contribution in [-0.2, 0) is 0 Å². The van der Waals surface area contributed by atoms with E-state index in [4.69, 9.17) is 0 Å².